The van der Waals surface area contributed by atoms with Crippen molar-refractivity contribution >= 4 is 10.8 Å². The molecule has 0 saturated heterocycles. The number of aromatic nitrogens is 1. The fourth-order valence-corrected chi connectivity index (χ4v) is 2.08. The predicted octanol–water partition coefficient (Wildman–Crippen LogP) is 3.92. The van der Waals surface area contributed by atoms with Gasteiger partial charge in [0.1, 0.15) is 0 Å². The summed E-state index contributed by atoms with van der Waals surface area (Å²) in [5.41, 5.74) is 2.81. The highest BCUT2D eigenvalue weighted by Gasteiger charge is 2.07. The maximum absolute atomic E-state index is 4.22. The number of fused-ring (bicyclic) bond motifs is 1. The van der Waals surface area contributed by atoms with Crippen molar-refractivity contribution in [3.05, 3.63) is 41.7 Å². The molecule has 0 aliphatic carbocycles. The van der Waals surface area contributed by atoms with Crippen LogP contribution in [-0.4, -0.2) is 4.98 Å². The normalized spacial score (nSPS) is 11.2. The van der Waals surface area contributed by atoms with E-state index in [9.17, 15) is 0 Å². The van der Waals surface area contributed by atoms with Crippen molar-refractivity contribution in [2.45, 2.75) is 33.1 Å². The Hall–Kier alpha value is -1.37. The van der Waals surface area contributed by atoms with Gasteiger partial charge in [-0.1, -0.05) is 32.9 Å². The molecule has 0 radical (unpaired) electrons. The lowest BCUT2D eigenvalue weighted by atomic mass is 9.94. The zero-order chi connectivity index (χ0) is 10.8. The van der Waals surface area contributed by atoms with Crippen LogP contribution in [0.4, 0.5) is 0 Å². The highest BCUT2D eigenvalue weighted by Crippen LogP contribution is 2.27. The Morgan fingerprint density at radius 2 is 1.93 bits per heavy atom. The number of rotatable bonds is 2. The molecule has 0 fully saturated rings. The smallest absolute Gasteiger partial charge is 0.0349 e. The summed E-state index contributed by atoms with van der Waals surface area (Å²) in [4.78, 5) is 4.22. The highest BCUT2D eigenvalue weighted by atomic mass is 14.6. The zero-order valence-corrected chi connectivity index (χ0v) is 9.62. The lowest BCUT2D eigenvalue weighted by molar-refractivity contribution is 0.875. The molecule has 1 aromatic carbocycles. The fraction of sp³-hybridized carbons (Fsp3) is 0.357. The molecule has 0 unspecified atom stereocenters. The van der Waals surface area contributed by atoms with Crippen LogP contribution < -0.4 is 0 Å². The Morgan fingerprint density at radius 1 is 1.13 bits per heavy atom. The van der Waals surface area contributed by atoms with Gasteiger partial charge in [0, 0.05) is 17.8 Å². The molecule has 15 heavy (non-hydrogen) atoms. The lowest BCUT2D eigenvalue weighted by Gasteiger charge is -2.12. The molecule has 1 aromatic heterocycles. The number of pyridine rings is 1. The van der Waals surface area contributed by atoms with Crippen molar-refractivity contribution in [1.29, 1.82) is 0 Å². The van der Waals surface area contributed by atoms with Gasteiger partial charge in [-0.3, -0.25) is 4.98 Å². The Kier molecular flexibility index (Phi) is 2.72. The van der Waals surface area contributed by atoms with E-state index in [1.807, 2.05) is 12.4 Å². The van der Waals surface area contributed by atoms with Gasteiger partial charge in [-0.25, -0.2) is 0 Å². The van der Waals surface area contributed by atoms with Gasteiger partial charge in [-0.2, -0.15) is 0 Å². The minimum atomic E-state index is 0.570. The van der Waals surface area contributed by atoms with Crippen LogP contribution in [-0.2, 0) is 6.42 Å². The minimum absolute atomic E-state index is 0.570. The van der Waals surface area contributed by atoms with Crippen LogP contribution >= 0.6 is 0 Å². The average Bonchev–Trinajstić information content (AvgIpc) is 2.27. The molecule has 78 valence electrons. The van der Waals surface area contributed by atoms with E-state index in [1.54, 1.807) is 0 Å². The largest absolute Gasteiger partial charge is 0.264 e. The topological polar surface area (TPSA) is 12.9 Å². The second-order valence-corrected chi connectivity index (χ2v) is 4.24. The van der Waals surface area contributed by atoms with Gasteiger partial charge in [0.2, 0.25) is 0 Å². The maximum atomic E-state index is 4.22. The molecule has 1 nitrogen and oxygen atoms in total. The van der Waals surface area contributed by atoms with Crippen LogP contribution in [0.1, 0.15) is 37.8 Å². The molecule has 0 aliphatic heterocycles. The van der Waals surface area contributed by atoms with Crippen LogP contribution in [0.5, 0.6) is 0 Å². The number of nitrogens with zero attached hydrogens (tertiary/aromatic N) is 1. The Labute approximate surface area is 91.2 Å². The molecule has 1 heterocycles. The summed E-state index contributed by atoms with van der Waals surface area (Å²) in [5, 5.41) is 2.67. The van der Waals surface area contributed by atoms with Gasteiger partial charge >= 0.3 is 0 Å². The molecule has 0 N–H and O–H groups in total. The first kappa shape index (κ1) is 10.2. The number of aryl methyl sites for hydroxylation is 1. The monoisotopic (exact) mass is 199 g/mol. The summed E-state index contributed by atoms with van der Waals surface area (Å²) < 4.78 is 0. The van der Waals surface area contributed by atoms with E-state index in [4.69, 9.17) is 0 Å². The van der Waals surface area contributed by atoms with Gasteiger partial charge < -0.3 is 0 Å². The fourth-order valence-electron chi connectivity index (χ4n) is 2.08. The molecule has 0 aliphatic rings. The van der Waals surface area contributed by atoms with Crippen molar-refractivity contribution in [3.63, 3.8) is 0 Å². The summed E-state index contributed by atoms with van der Waals surface area (Å²) in [7, 11) is 0. The van der Waals surface area contributed by atoms with Gasteiger partial charge in [0.25, 0.3) is 0 Å². The van der Waals surface area contributed by atoms with Crippen LogP contribution in [0.15, 0.2) is 30.6 Å². The van der Waals surface area contributed by atoms with Crippen molar-refractivity contribution in [3.8, 4) is 0 Å². The molecule has 0 atom stereocenters. The Balaban J connectivity index is 2.77. The third kappa shape index (κ3) is 1.74. The maximum Gasteiger partial charge on any atom is 0.0349 e. The van der Waals surface area contributed by atoms with Crippen molar-refractivity contribution in [2.75, 3.05) is 0 Å². The van der Waals surface area contributed by atoms with E-state index in [1.165, 1.54) is 21.9 Å². The van der Waals surface area contributed by atoms with Crippen molar-refractivity contribution < 1.29 is 0 Å². The van der Waals surface area contributed by atoms with Gasteiger partial charge in [0.05, 0.1) is 0 Å². The molecule has 0 bridgehead atoms. The molecule has 0 saturated carbocycles. The number of benzene rings is 1. The number of hydrogen-bond acceptors (Lipinski definition) is 1. The summed E-state index contributed by atoms with van der Waals surface area (Å²) in [6, 6.07) is 6.62. The second-order valence-electron chi connectivity index (χ2n) is 4.24. The summed E-state index contributed by atoms with van der Waals surface area (Å²) in [5.74, 6) is 0.570. The van der Waals surface area contributed by atoms with Gasteiger partial charge in [-0.05, 0) is 34.9 Å². The second kappa shape index (κ2) is 4.01. The van der Waals surface area contributed by atoms with E-state index < -0.39 is 0 Å². The molecule has 1 heteroatoms. The molecule has 2 aromatic rings. The van der Waals surface area contributed by atoms with Gasteiger partial charge in [0.15, 0.2) is 0 Å². The summed E-state index contributed by atoms with van der Waals surface area (Å²) in [6.07, 6.45) is 4.94. The molecule has 0 amide bonds. The third-order valence-electron chi connectivity index (χ3n) is 2.95. The number of hydrogen-bond donors (Lipinski definition) is 0. The highest BCUT2D eigenvalue weighted by molar-refractivity contribution is 5.88. The van der Waals surface area contributed by atoms with E-state index >= 15 is 0 Å². The van der Waals surface area contributed by atoms with Crippen molar-refractivity contribution in [1.82, 2.24) is 4.98 Å². The first-order valence-electron chi connectivity index (χ1n) is 5.59. The minimum Gasteiger partial charge on any atom is -0.264 e. The SMILES string of the molecule is CCc1ccc(C(C)C)c2ccncc12. The Morgan fingerprint density at radius 3 is 2.60 bits per heavy atom. The standard InChI is InChI=1S/C14H17N/c1-4-11-5-6-12(10(2)3)13-7-8-15-9-14(11)13/h5-10H,4H2,1-3H3. The average molecular weight is 199 g/mol. The van der Waals surface area contributed by atoms with Gasteiger partial charge in [-0.15, -0.1) is 0 Å². The lowest BCUT2D eigenvalue weighted by Crippen LogP contribution is -1.93. The molecular formula is C14H17N. The molecule has 0 spiro atoms. The van der Waals surface area contributed by atoms with E-state index in [0.29, 0.717) is 5.92 Å². The first-order chi connectivity index (χ1) is 7.24. The van der Waals surface area contributed by atoms with Crippen molar-refractivity contribution in [2.24, 2.45) is 0 Å². The van der Waals surface area contributed by atoms with Crippen LogP contribution in [0, 0.1) is 0 Å². The summed E-state index contributed by atoms with van der Waals surface area (Å²) >= 11 is 0. The molecular weight excluding hydrogens is 182 g/mol. The summed E-state index contributed by atoms with van der Waals surface area (Å²) in [6.45, 7) is 6.67. The van der Waals surface area contributed by atoms with E-state index in [-0.39, 0.29) is 0 Å². The zero-order valence-electron chi connectivity index (χ0n) is 9.62. The Bertz CT molecular complexity index is 472. The van der Waals surface area contributed by atoms with E-state index in [0.717, 1.165) is 6.42 Å². The van der Waals surface area contributed by atoms with Crippen LogP contribution in [0.25, 0.3) is 10.8 Å². The van der Waals surface area contributed by atoms with Crippen LogP contribution in [0.3, 0.4) is 0 Å². The first-order valence-corrected chi connectivity index (χ1v) is 5.59. The predicted molar refractivity (Wildman–Crippen MR) is 65.2 cm³/mol. The molecule has 2 rings (SSSR count). The third-order valence-corrected chi connectivity index (χ3v) is 2.95. The van der Waals surface area contributed by atoms with E-state index in [2.05, 4.69) is 44.0 Å². The quantitative estimate of drug-likeness (QED) is 0.714. The van der Waals surface area contributed by atoms with Crippen LogP contribution in [0.2, 0.25) is 0 Å².